The van der Waals surface area contributed by atoms with Gasteiger partial charge in [0.25, 0.3) is 0 Å². The Morgan fingerprint density at radius 3 is 2.00 bits per heavy atom. The van der Waals surface area contributed by atoms with E-state index in [1.54, 1.807) is 48.5 Å². The van der Waals surface area contributed by atoms with Gasteiger partial charge in [-0.05, 0) is 17.7 Å². The molecular formula is C17H19ClNO4P. The van der Waals surface area contributed by atoms with Crippen LogP contribution in [0.25, 0.3) is 0 Å². The minimum Gasteiger partial charge on any atom is -0.310 e. The van der Waals surface area contributed by atoms with Gasteiger partial charge in [0, 0.05) is 19.9 Å². The van der Waals surface area contributed by atoms with Crippen LogP contribution < -0.4 is 4.90 Å². The molecule has 2 aromatic carbocycles. The predicted octanol–water partition coefficient (Wildman–Crippen LogP) is 4.44. The SMILES string of the molecule is COP(=O)(OC)C(c1ccccc1)N(C(=O)CCl)c1ccccc1. The van der Waals surface area contributed by atoms with Crippen molar-refractivity contribution in [3.63, 3.8) is 0 Å². The number of para-hydroxylation sites is 1. The van der Waals surface area contributed by atoms with E-state index in [2.05, 4.69) is 0 Å². The fourth-order valence-electron chi connectivity index (χ4n) is 2.45. The van der Waals surface area contributed by atoms with Crippen LogP contribution in [0.15, 0.2) is 60.7 Å². The van der Waals surface area contributed by atoms with Crippen molar-refractivity contribution < 1.29 is 18.4 Å². The fourth-order valence-corrected chi connectivity index (χ4v) is 4.21. The third kappa shape index (κ3) is 3.87. The largest absolute Gasteiger partial charge is 0.357 e. The summed E-state index contributed by atoms with van der Waals surface area (Å²) in [7, 11) is -1.06. The molecule has 128 valence electrons. The number of nitrogens with zero attached hydrogens (tertiary/aromatic N) is 1. The van der Waals surface area contributed by atoms with Gasteiger partial charge in [-0.3, -0.25) is 14.3 Å². The summed E-state index contributed by atoms with van der Waals surface area (Å²) in [6.07, 6.45) is 0. The Kier molecular flexibility index (Phi) is 6.58. The molecule has 5 nitrogen and oxygen atoms in total. The molecule has 2 aromatic rings. The summed E-state index contributed by atoms with van der Waals surface area (Å²) in [5.74, 6) is -1.60. The number of amides is 1. The maximum absolute atomic E-state index is 13.2. The molecule has 7 heteroatoms. The highest BCUT2D eigenvalue weighted by molar-refractivity contribution is 7.54. The van der Waals surface area contributed by atoms with Crippen molar-refractivity contribution in [1.82, 2.24) is 0 Å². The van der Waals surface area contributed by atoms with Gasteiger partial charge in [0.2, 0.25) is 5.91 Å². The molecule has 1 amide bonds. The molecule has 0 N–H and O–H groups in total. The number of halogens is 1. The maximum atomic E-state index is 13.2. The molecule has 0 radical (unpaired) electrons. The lowest BCUT2D eigenvalue weighted by Gasteiger charge is -2.35. The van der Waals surface area contributed by atoms with Gasteiger partial charge in [-0.1, -0.05) is 48.5 Å². The zero-order valence-corrected chi connectivity index (χ0v) is 15.1. The Labute approximate surface area is 146 Å². The van der Waals surface area contributed by atoms with Gasteiger partial charge in [0.15, 0.2) is 5.78 Å². The first-order valence-corrected chi connectivity index (χ1v) is 9.41. The van der Waals surface area contributed by atoms with Crippen LogP contribution in [0.1, 0.15) is 11.3 Å². The molecule has 0 aromatic heterocycles. The van der Waals surface area contributed by atoms with Gasteiger partial charge in [-0.2, -0.15) is 0 Å². The van der Waals surface area contributed by atoms with E-state index >= 15 is 0 Å². The highest BCUT2D eigenvalue weighted by Gasteiger charge is 2.42. The van der Waals surface area contributed by atoms with Gasteiger partial charge < -0.3 is 9.05 Å². The third-order valence-electron chi connectivity index (χ3n) is 3.57. The van der Waals surface area contributed by atoms with E-state index in [0.717, 1.165) is 0 Å². The number of alkyl halides is 1. The number of carbonyl (C=O) groups excluding carboxylic acids is 1. The summed E-state index contributed by atoms with van der Waals surface area (Å²) in [6, 6.07) is 17.9. The molecule has 0 aliphatic carbocycles. The van der Waals surface area contributed by atoms with Crippen molar-refractivity contribution >= 4 is 30.8 Å². The summed E-state index contributed by atoms with van der Waals surface area (Å²) in [5, 5.41) is 0. The summed E-state index contributed by atoms with van der Waals surface area (Å²) in [5.41, 5.74) is 1.19. The Balaban J connectivity index is 2.66. The summed E-state index contributed by atoms with van der Waals surface area (Å²) in [4.78, 5) is 13.9. The molecule has 2 rings (SSSR count). The fraction of sp³-hybridized carbons (Fsp3) is 0.235. The highest BCUT2D eigenvalue weighted by atomic mass is 35.5. The molecule has 0 fully saturated rings. The Morgan fingerprint density at radius 2 is 1.54 bits per heavy atom. The van der Waals surface area contributed by atoms with E-state index in [1.165, 1.54) is 19.1 Å². The zero-order valence-electron chi connectivity index (χ0n) is 13.5. The van der Waals surface area contributed by atoms with Crippen LogP contribution in [0.2, 0.25) is 0 Å². The van der Waals surface area contributed by atoms with Crippen LogP contribution in [0.3, 0.4) is 0 Å². The van der Waals surface area contributed by atoms with E-state index < -0.39 is 19.3 Å². The minimum atomic E-state index is -3.66. The third-order valence-corrected chi connectivity index (χ3v) is 5.94. The van der Waals surface area contributed by atoms with Crippen LogP contribution in [0.5, 0.6) is 0 Å². The van der Waals surface area contributed by atoms with Crippen molar-refractivity contribution in [1.29, 1.82) is 0 Å². The Morgan fingerprint density at radius 1 is 1.04 bits per heavy atom. The molecule has 24 heavy (non-hydrogen) atoms. The van der Waals surface area contributed by atoms with Crippen LogP contribution in [-0.4, -0.2) is 26.0 Å². The number of carbonyl (C=O) groups is 1. The number of hydrogen-bond acceptors (Lipinski definition) is 4. The highest BCUT2D eigenvalue weighted by Crippen LogP contribution is 2.61. The molecule has 0 bridgehead atoms. The maximum Gasteiger partial charge on any atom is 0.357 e. The second-order valence-corrected chi connectivity index (χ2v) is 7.49. The van der Waals surface area contributed by atoms with Crippen molar-refractivity contribution in [2.45, 2.75) is 5.78 Å². The zero-order chi connectivity index (χ0) is 17.6. The molecular weight excluding hydrogens is 349 g/mol. The Bertz CT molecular complexity index is 703. The first-order valence-electron chi connectivity index (χ1n) is 7.26. The number of rotatable bonds is 7. The standard InChI is InChI=1S/C17H19ClNO4P/c1-22-24(21,23-2)17(14-9-5-3-6-10-14)19(16(20)13-18)15-11-7-4-8-12-15/h3-12,17H,13H2,1-2H3. The predicted molar refractivity (Wildman–Crippen MR) is 95.5 cm³/mol. The first-order chi connectivity index (χ1) is 11.6. The quantitative estimate of drug-likeness (QED) is 0.536. The van der Waals surface area contributed by atoms with Gasteiger partial charge in [-0.15, -0.1) is 11.6 Å². The average Bonchev–Trinajstić information content (AvgIpc) is 2.66. The molecule has 0 heterocycles. The summed E-state index contributed by atoms with van der Waals surface area (Å²) < 4.78 is 23.6. The molecule has 1 unspecified atom stereocenters. The minimum absolute atomic E-state index is 0.258. The Hall–Kier alpha value is -1.65. The van der Waals surface area contributed by atoms with E-state index in [0.29, 0.717) is 11.3 Å². The smallest absolute Gasteiger partial charge is 0.310 e. The second-order valence-electron chi connectivity index (χ2n) is 4.92. The monoisotopic (exact) mass is 367 g/mol. The van der Waals surface area contributed by atoms with Crippen molar-refractivity contribution in [3.8, 4) is 0 Å². The summed E-state index contributed by atoms with van der Waals surface area (Å²) >= 11 is 5.80. The molecule has 0 saturated heterocycles. The van der Waals surface area contributed by atoms with Gasteiger partial charge >= 0.3 is 7.60 Å². The number of benzene rings is 2. The molecule has 1 atom stereocenters. The average molecular weight is 368 g/mol. The molecule has 0 spiro atoms. The normalized spacial score (nSPS) is 12.6. The molecule has 0 aliphatic heterocycles. The van der Waals surface area contributed by atoms with Gasteiger partial charge in [0.1, 0.15) is 5.88 Å². The molecule has 0 aliphatic rings. The van der Waals surface area contributed by atoms with E-state index in [9.17, 15) is 9.36 Å². The topological polar surface area (TPSA) is 55.8 Å². The molecule has 0 saturated carbocycles. The lowest BCUT2D eigenvalue weighted by atomic mass is 10.2. The number of anilines is 1. The lowest BCUT2D eigenvalue weighted by Crippen LogP contribution is -2.36. The van der Waals surface area contributed by atoms with Crippen LogP contribution in [0, 0.1) is 0 Å². The van der Waals surface area contributed by atoms with Crippen LogP contribution in [0.4, 0.5) is 5.69 Å². The second kappa shape index (κ2) is 8.45. The van der Waals surface area contributed by atoms with Gasteiger partial charge in [-0.25, -0.2) is 0 Å². The first kappa shape index (κ1) is 18.7. The lowest BCUT2D eigenvalue weighted by molar-refractivity contribution is -0.116. The van der Waals surface area contributed by atoms with E-state index in [-0.39, 0.29) is 5.88 Å². The van der Waals surface area contributed by atoms with Gasteiger partial charge in [0.05, 0.1) is 0 Å². The van der Waals surface area contributed by atoms with Crippen molar-refractivity contribution in [2.24, 2.45) is 0 Å². The van der Waals surface area contributed by atoms with Crippen molar-refractivity contribution in [3.05, 3.63) is 66.2 Å². The summed E-state index contributed by atoms with van der Waals surface area (Å²) in [6.45, 7) is 0. The van der Waals surface area contributed by atoms with Crippen molar-refractivity contribution in [2.75, 3.05) is 25.0 Å². The number of hydrogen-bond donors (Lipinski definition) is 0. The van der Waals surface area contributed by atoms with Crippen LogP contribution in [-0.2, 0) is 18.4 Å². The van der Waals surface area contributed by atoms with Crippen LogP contribution >= 0.6 is 19.2 Å². The van der Waals surface area contributed by atoms with E-state index in [4.69, 9.17) is 20.6 Å². The van der Waals surface area contributed by atoms with E-state index in [1.807, 2.05) is 12.1 Å².